The number of carboxylic acids is 2. The number of aromatic carboxylic acids is 1. The summed E-state index contributed by atoms with van der Waals surface area (Å²) in [6.07, 6.45) is 0.0847. The highest BCUT2D eigenvalue weighted by molar-refractivity contribution is 5.90. The molecule has 0 amide bonds. The van der Waals surface area contributed by atoms with Gasteiger partial charge < -0.3 is 20.4 Å². The molecule has 0 aliphatic heterocycles. The molecule has 6 nitrogen and oxygen atoms in total. The van der Waals surface area contributed by atoms with Gasteiger partial charge in [-0.15, -0.1) is 0 Å². The molecule has 4 aromatic carbocycles. The topological polar surface area (TPSA) is 115 Å². The lowest BCUT2D eigenvalue weighted by atomic mass is 9.93. The van der Waals surface area contributed by atoms with Crippen LogP contribution >= 0.6 is 0 Å². The number of carboxylic acid groups (broad SMARTS) is 2. The maximum absolute atomic E-state index is 11.1. The Hall–Kier alpha value is -4.00. The zero-order valence-corrected chi connectivity index (χ0v) is 17.1. The second-order valence-electron chi connectivity index (χ2n) is 7.10. The standard InChI is InChI=1S/C14H12O4.C12H10O2/c15-13(16)11-8-4-5-9-12(11)14(17,18)10-6-2-1-3-7-10;13-12(14)8-10-6-3-5-9-4-1-2-7-11(9)10/h1-9,17-18H,(H,15,16);1-7H,8H2,(H,13,14). The van der Waals surface area contributed by atoms with E-state index in [1.54, 1.807) is 24.3 Å². The highest BCUT2D eigenvalue weighted by Gasteiger charge is 2.32. The van der Waals surface area contributed by atoms with Gasteiger partial charge in [-0.3, -0.25) is 4.79 Å². The second-order valence-corrected chi connectivity index (χ2v) is 7.10. The van der Waals surface area contributed by atoms with Crippen molar-refractivity contribution in [2.24, 2.45) is 0 Å². The van der Waals surface area contributed by atoms with E-state index < -0.39 is 17.7 Å². The molecule has 0 heterocycles. The Morgan fingerprint density at radius 2 is 1.28 bits per heavy atom. The minimum absolute atomic E-state index is 0.0521. The van der Waals surface area contributed by atoms with Crippen LogP contribution in [0.15, 0.2) is 97.1 Å². The van der Waals surface area contributed by atoms with Crippen molar-refractivity contribution in [1.29, 1.82) is 0 Å². The third kappa shape index (κ3) is 5.18. The summed E-state index contributed by atoms with van der Waals surface area (Å²) in [5, 5.41) is 40.3. The van der Waals surface area contributed by atoms with Gasteiger partial charge in [0.2, 0.25) is 5.79 Å². The van der Waals surface area contributed by atoms with Crippen LogP contribution in [0.2, 0.25) is 0 Å². The molecule has 0 fully saturated rings. The lowest BCUT2D eigenvalue weighted by molar-refractivity contribution is -0.136. The first kappa shape index (κ1) is 22.7. The predicted octanol–water partition coefficient (Wildman–Crippen LogP) is 4.04. The molecule has 6 heteroatoms. The Morgan fingerprint density at radius 1 is 0.688 bits per heavy atom. The Morgan fingerprint density at radius 3 is 1.97 bits per heavy atom. The highest BCUT2D eigenvalue weighted by atomic mass is 16.5. The van der Waals surface area contributed by atoms with E-state index in [-0.39, 0.29) is 23.1 Å². The van der Waals surface area contributed by atoms with Crippen molar-refractivity contribution in [3.8, 4) is 0 Å². The first-order valence-corrected chi connectivity index (χ1v) is 9.82. The van der Waals surface area contributed by atoms with Gasteiger partial charge >= 0.3 is 11.9 Å². The van der Waals surface area contributed by atoms with E-state index in [1.807, 2.05) is 42.5 Å². The van der Waals surface area contributed by atoms with Gasteiger partial charge in [0.05, 0.1) is 12.0 Å². The fourth-order valence-electron chi connectivity index (χ4n) is 3.41. The number of carbonyl (C=O) groups is 2. The van der Waals surface area contributed by atoms with Crippen LogP contribution in [0.4, 0.5) is 0 Å². The molecule has 0 spiro atoms. The minimum atomic E-state index is -2.32. The van der Waals surface area contributed by atoms with Gasteiger partial charge in [0.25, 0.3) is 0 Å². The summed E-state index contributed by atoms with van der Waals surface area (Å²) >= 11 is 0. The summed E-state index contributed by atoms with van der Waals surface area (Å²) in [7, 11) is 0. The van der Waals surface area contributed by atoms with Gasteiger partial charge in [-0.2, -0.15) is 0 Å². The van der Waals surface area contributed by atoms with Gasteiger partial charge in [-0.25, -0.2) is 4.79 Å². The monoisotopic (exact) mass is 430 g/mol. The average Bonchev–Trinajstić information content (AvgIpc) is 2.80. The fraction of sp³-hybridized carbons (Fsp3) is 0.0769. The molecule has 0 atom stereocenters. The molecule has 4 N–H and O–H groups in total. The number of aliphatic carboxylic acids is 1. The van der Waals surface area contributed by atoms with Crippen molar-refractivity contribution in [3.63, 3.8) is 0 Å². The number of rotatable bonds is 5. The van der Waals surface area contributed by atoms with Crippen molar-refractivity contribution in [2.45, 2.75) is 12.2 Å². The van der Waals surface area contributed by atoms with Crippen molar-refractivity contribution in [3.05, 3.63) is 119 Å². The summed E-state index contributed by atoms with van der Waals surface area (Å²) in [5.74, 6) is -4.31. The van der Waals surface area contributed by atoms with Crippen LogP contribution in [-0.2, 0) is 17.0 Å². The van der Waals surface area contributed by atoms with Crippen LogP contribution in [0.3, 0.4) is 0 Å². The summed E-state index contributed by atoms with van der Waals surface area (Å²) < 4.78 is 0. The number of hydrogen-bond donors (Lipinski definition) is 4. The Balaban J connectivity index is 0.000000186. The first-order valence-electron chi connectivity index (χ1n) is 9.82. The number of fused-ring (bicyclic) bond motifs is 1. The smallest absolute Gasteiger partial charge is 0.336 e. The first-order chi connectivity index (χ1) is 15.3. The molecule has 4 rings (SSSR count). The van der Waals surface area contributed by atoms with Crippen molar-refractivity contribution in [1.82, 2.24) is 0 Å². The zero-order chi connectivity index (χ0) is 23.1. The number of hydrogen-bond acceptors (Lipinski definition) is 4. The van der Waals surface area contributed by atoms with Crippen molar-refractivity contribution in [2.75, 3.05) is 0 Å². The largest absolute Gasteiger partial charge is 0.481 e. The van der Waals surface area contributed by atoms with Gasteiger partial charge in [0.15, 0.2) is 0 Å². The quantitative estimate of drug-likeness (QED) is 0.355. The Bertz CT molecular complexity index is 1230. The van der Waals surface area contributed by atoms with Crippen LogP contribution in [0.5, 0.6) is 0 Å². The lowest BCUT2D eigenvalue weighted by Gasteiger charge is -2.24. The van der Waals surface area contributed by atoms with E-state index >= 15 is 0 Å². The van der Waals surface area contributed by atoms with Gasteiger partial charge in [-0.1, -0.05) is 91.0 Å². The summed E-state index contributed by atoms with van der Waals surface area (Å²) in [6.45, 7) is 0. The third-order valence-electron chi connectivity index (χ3n) is 4.93. The predicted molar refractivity (Wildman–Crippen MR) is 120 cm³/mol. The number of benzene rings is 4. The molecule has 0 saturated carbocycles. The van der Waals surface area contributed by atoms with E-state index in [4.69, 9.17) is 10.2 Å². The van der Waals surface area contributed by atoms with Crippen LogP contribution in [0.1, 0.15) is 27.0 Å². The van der Waals surface area contributed by atoms with E-state index in [0.29, 0.717) is 0 Å². The third-order valence-corrected chi connectivity index (χ3v) is 4.93. The SMILES string of the molecule is O=C(O)Cc1cccc2ccccc12.O=C(O)c1ccccc1C(O)(O)c1ccccc1. The molecule has 0 aromatic heterocycles. The maximum Gasteiger partial charge on any atom is 0.336 e. The molecule has 0 saturated heterocycles. The lowest BCUT2D eigenvalue weighted by Crippen LogP contribution is -2.28. The van der Waals surface area contributed by atoms with E-state index in [2.05, 4.69) is 0 Å². The van der Waals surface area contributed by atoms with E-state index in [0.717, 1.165) is 16.3 Å². The van der Waals surface area contributed by atoms with Crippen LogP contribution < -0.4 is 0 Å². The van der Waals surface area contributed by atoms with Crippen molar-refractivity contribution < 1.29 is 30.0 Å². The van der Waals surface area contributed by atoms with Crippen LogP contribution in [-0.4, -0.2) is 32.4 Å². The number of aliphatic hydroxyl groups is 2. The fourth-order valence-corrected chi connectivity index (χ4v) is 3.41. The van der Waals surface area contributed by atoms with Crippen LogP contribution in [0.25, 0.3) is 10.8 Å². The van der Waals surface area contributed by atoms with E-state index in [9.17, 15) is 19.8 Å². The summed E-state index contributed by atoms with van der Waals surface area (Å²) in [4.78, 5) is 21.7. The minimum Gasteiger partial charge on any atom is -0.481 e. The highest BCUT2D eigenvalue weighted by Crippen LogP contribution is 2.29. The molecule has 162 valence electrons. The molecule has 0 bridgehead atoms. The molecular formula is C26H22O6. The van der Waals surface area contributed by atoms with E-state index in [1.165, 1.54) is 30.3 Å². The average molecular weight is 430 g/mol. The molecule has 0 aliphatic carbocycles. The summed E-state index contributed by atoms with van der Waals surface area (Å²) in [5.41, 5.74) is 0.907. The molecular weight excluding hydrogens is 408 g/mol. The normalized spacial score (nSPS) is 10.8. The van der Waals surface area contributed by atoms with Crippen molar-refractivity contribution >= 4 is 22.7 Å². The Labute approximate surface area is 184 Å². The molecule has 32 heavy (non-hydrogen) atoms. The second kappa shape index (κ2) is 9.87. The Kier molecular flexibility index (Phi) is 7.00. The molecule has 0 unspecified atom stereocenters. The van der Waals surface area contributed by atoms with Gasteiger partial charge in [-0.05, 0) is 22.4 Å². The van der Waals surface area contributed by atoms with Gasteiger partial charge in [0, 0.05) is 11.1 Å². The zero-order valence-electron chi connectivity index (χ0n) is 17.1. The molecule has 4 aromatic rings. The molecule has 0 radical (unpaired) electrons. The molecule has 0 aliphatic rings. The van der Waals surface area contributed by atoms with Crippen LogP contribution in [0, 0.1) is 0 Å². The van der Waals surface area contributed by atoms with Gasteiger partial charge in [0.1, 0.15) is 0 Å². The summed E-state index contributed by atoms with van der Waals surface area (Å²) in [6, 6.07) is 27.5. The maximum atomic E-state index is 11.1.